The number of benzene rings is 1. The van der Waals surface area contributed by atoms with E-state index < -0.39 is 0 Å². The fourth-order valence-electron chi connectivity index (χ4n) is 2.44. The van der Waals surface area contributed by atoms with Crippen LogP contribution in [0.3, 0.4) is 0 Å². The lowest BCUT2D eigenvalue weighted by Gasteiger charge is -2.26. The number of carbonyl (C=O) groups is 1. The van der Waals surface area contributed by atoms with Crippen molar-refractivity contribution in [2.24, 2.45) is 0 Å². The van der Waals surface area contributed by atoms with E-state index in [1.807, 2.05) is 23.9 Å². The summed E-state index contributed by atoms with van der Waals surface area (Å²) in [5, 5.41) is 6.36. The SMILES string of the molecule is CCOC(=O)c1ccc(NC(=S)N2CCSC2c2cccs2)cc1. The first-order chi connectivity index (χ1) is 11.7. The van der Waals surface area contributed by atoms with Gasteiger partial charge in [0.25, 0.3) is 0 Å². The molecular weight excluding hydrogens is 360 g/mol. The summed E-state index contributed by atoms with van der Waals surface area (Å²) in [5.41, 5.74) is 1.41. The molecule has 0 spiro atoms. The normalized spacial score (nSPS) is 16.9. The molecule has 1 aromatic heterocycles. The number of hydrogen-bond donors (Lipinski definition) is 1. The standard InChI is InChI=1S/C17H18N2O2S3/c1-2-21-16(20)12-5-7-13(8-6-12)18-17(22)19-9-11-24-15(19)14-4-3-10-23-14/h3-8,10,15H,2,9,11H2,1H3,(H,18,22). The van der Waals surface area contributed by atoms with Crippen LogP contribution in [0.15, 0.2) is 41.8 Å². The molecule has 1 unspecified atom stereocenters. The van der Waals surface area contributed by atoms with Gasteiger partial charge in [-0.3, -0.25) is 0 Å². The van der Waals surface area contributed by atoms with Crippen LogP contribution < -0.4 is 5.32 Å². The van der Waals surface area contributed by atoms with Gasteiger partial charge in [-0.25, -0.2) is 4.79 Å². The van der Waals surface area contributed by atoms with Gasteiger partial charge in [-0.1, -0.05) is 6.07 Å². The van der Waals surface area contributed by atoms with Crippen LogP contribution in [0.25, 0.3) is 0 Å². The highest BCUT2D eigenvalue weighted by Gasteiger charge is 2.29. The zero-order chi connectivity index (χ0) is 16.9. The van der Waals surface area contributed by atoms with E-state index in [1.165, 1.54) is 4.88 Å². The second-order valence-corrected chi connectivity index (χ2v) is 7.71. The van der Waals surface area contributed by atoms with Gasteiger partial charge in [-0.05, 0) is 54.9 Å². The highest BCUT2D eigenvalue weighted by molar-refractivity contribution is 7.99. The van der Waals surface area contributed by atoms with E-state index >= 15 is 0 Å². The van der Waals surface area contributed by atoms with Gasteiger partial charge in [0.05, 0.1) is 12.2 Å². The van der Waals surface area contributed by atoms with E-state index in [4.69, 9.17) is 17.0 Å². The summed E-state index contributed by atoms with van der Waals surface area (Å²) < 4.78 is 4.99. The van der Waals surface area contributed by atoms with Crippen LogP contribution in [0.2, 0.25) is 0 Å². The molecule has 0 saturated carbocycles. The van der Waals surface area contributed by atoms with Crippen molar-refractivity contribution < 1.29 is 9.53 Å². The Labute approximate surface area is 155 Å². The van der Waals surface area contributed by atoms with E-state index in [1.54, 1.807) is 30.4 Å². The van der Waals surface area contributed by atoms with Gasteiger partial charge in [0.2, 0.25) is 0 Å². The average molecular weight is 379 g/mol. The molecule has 0 radical (unpaired) electrons. The summed E-state index contributed by atoms with van der Waals surface area (Å²) in [6, 6.07) is 11.4. The van der Waals surface area contributed by atoms with Gasteiger partial charge in [0.1, 0.15) is 5.37 Å². The Morgan fingerprint density at radius 1 is 1.38 bits per heavy atom. The zero-order valence-electron chi connectivity index (χ0n) is 13.2. The third-order valence-corrected chi connectivity index (χ3v) is 6.24. The van der Waals surface area contributed by atoms with Crippen molar-refractivity contribution in [2.45, 2.75) is 12.3 Å². The van der Waals surface area contributed by atoms with Crippen molar-refractivity contribution in [3.63, 3.8) is 0 Å². The van der Waals surface area contributed by atoms with E-state index in [-0.39, 0.29) is 11.3 Å². The fraction of sp³-hybridized carbons (Fsp3) is 0.294. The molecule has 126 valence electrons. The minimum absolute atomic E-state index is 0.281. The number of nitrogens with zero attached hydrogens (tertiary/aromatic N) is 1. The Kier molecular flexibility index (Phi) is 5.76. The maximum atomic E-state index is 11.7. The lowest BCUT2D eigenvalue weighted by Crippen LogP contribution is -2.33. The van der Waals surface area contributed by atoms with E-state index in [0.717, 1.165) is 18.0 Å². The molecule has 1 atom stereocenters. The summed E-state index contributed by atoms with van der Waals surface area (Å²) in [6.45, 7) is 3.10. The smallest absolute Gasteiger partial charge is 0.338 e. The molecule has 1 saturated heterocycles. The first-order valence-corrected chi connectivity index (χ1v) is 10.0. The number of thioether (sulfide) groups is 1. The molecule has 1 aliphatic heterocycles. The van der Waals surface area contributed by atoms with Crippen LogP contribution in [0.5, 0.6) is 0 Å². The summed E-state index contributed by atoms with van der Waals surface area (Å²) in [4.78, 5) is 15.2. The van der Waals surface area contributed by atoms with E-state index in [0.29, 0.717) is 17.3 Å². The molecule has 4 nitrogen and oxygen atoms in total. The second-order valence-electron chi connectivity index (χ2n) is 5.16. The Balaban J connectivity index is 1.65. The predicted molar refractivity (Wildman–Crippen MR) is 105 cm³/mol. The van der Waals surface area contributed by atoms with Gasteiger partial charge < -0.3 is 15.0 Å². The van der Waals surface area contributed by atoms with Gasteiger partial charge in [0.15, 0.2) is 5.11 Å². The molecule has 3 rings (SSSR count). The molecule has 1 aromatic carbocycles. The van der Waals surface area contributed by atoms with E-state index in [9.17, 15) is 4.79 Å². The minimum Gasteiger partial charge on any atom is -0.462 e. The monoisotopic (exact) mass is 378 g/mol. The van der Waals surface area contributed by atoms with Crippen LogP contribution in [0.1, 0.15) is 27.5 Å². The van der Waals surface area contributed by atoms with E-state index in [2.05, 4.69) is 27.7 Å². The van der Waals surface area contributed by atoms with Crippen LogP contribution in [0.4, 0.5) is 5.69 Å². The van der Waals surface area contributed by atoms with Gasteiger partial charge in [-0.15, -0.1) is 23.1 Å². The highest BCUT2D eigenvalue weighted by atomic mass is 32.2. The Morgan fingerprint density at radius 3 is 2.83 bits per heavy atom. The van der Waals surface area contributed by atoms with Gasteiger partial charge >= 0.3 is 5.97 Å². The largest absolute Gasteiger partial charge is 0.462 e. The number of nitrogens with one attached hydrogen (secondary N) is 1. The first kappa shape index (κ1) is 17.3. The van der Waals surface area contributed by atoms with Gasteiger partial charge in [0, 0.05) is 22.9 Å². The molecule has 1 aliphatic rings. The topological polar surface area (TPSA) is 41.6 Å². The van der Waals surface area contributed by atoms with Crippen molar-refractivity contribution in [1.82, 2.24) is 4.90 Å². The number of esters is 1. The molecule has 1 N–H and O–H groups in total. The number of thiophene rings is 1. The van der Waals surface area contributed by atoms with Crippen LogP contribution in [0, 0.1) is 0 Å². The Morgan fingerprint density at radius 2 is 2.17 bits per heavy atom. The molecule has 0 aliphatic carbocycles. The average Bonchev–Trinajstić information content (AvgIpc) is 3.26. The molecule has 24 heavy (non-hydrogen) atoms. The van der Waals surface area contributed by atoms with Crippen molar-refractivity contribution in [1.29, 1.82) is 0 Å². The van der Waals surface area contributed by atoms with Crippen molar-refractivity contribution in [3.8, 4) is 0 Å². The highest BCUT2D eigenvalue weighted by Crippen LogP contribution is 2.40. The number of rotatable bonds is 4. The number of thiocarbonyl (C=S) groups is 1. The summed E-state index contributed by atoms with van der Waals surface area (Å²) in [5.74, 6) is 0.756. The molecule has 1 fully saturated rings. The molecular formula is C17H18N2O2S3. The lowest BCUT2D eigenvalue weighted by atomic mass is 10.2. The molecule has 0 bridgehead atoms. The quantitative estimate of drug-likeness (QED) is 0.629. The van der Waals surface area contributed by atoms with Crippen molar-refractivity contribution in [2.75, 3.05) is 24.2 Å². The Hall–Kier alpha value is -1.57. The molecule has 2 aromatic rings. The summed E-state index contributed by atoms with van der Waals surface area (Å²) in [6.07, 6.45) is 0. The van der Waals surface area contributed by atoms with Crippen LogP contribution in [-0.2, 0) is 4.74 Å². The maximum Gasteiger partial charge on any atom is 0.338 e. The third-order valence-electron chi connectivity index (χ3n) is 3.59. The zero-order valence-corrected chi connectivity index (χ0v) is 15.7. The number of ether oxygens (including phenoxy) is 1. The Bertz CT molecular complexity index is 701. The fourth-order valence-corrected chi connectivity index (χ4v) is 5.07. The molecule has 7 heteroatoms. The van der Waals surface area contributed by atoms with Crippen molar-refractivity contribution >= 4 is 52.1 Å². The second kappa shape index (κ2) is 8.00. The van der Waals surface area contributed by atoms with Crippen LogP contribution >= 0.6 is 35.3 Å². The summed E-state index contributed by atoms with van der Waals surface area (Å²) >= 11 is 9.25. The number of carbonyl (C=O) groups excluding carboxylic acids is 1. The van der Waals surface area contributed by atoms with Crippen LogP contribution in [-0.4, -0.2) is 34.9 Å². The number of anilines is 1. The van der Waals surface area contributed by atoms with Gasteiger partial charge in [-0.2, -0.15) is 0 Å². The number of hydrogen-bond acceptors (Lipinski definition) is 5. The lowest BCUT2D eigenvalue weighted by molar-refractivity contribution is 0.0526. The minimum atomic E-state index is -0.305. The third kappa shape index (κ3) is 3.91. The molecule has 0 amide bonds. The summed E-state index contributed by atoms with van der Waals surface area (Å²) in [7, 11) is 0. The van der Waals surface area contributed by atoms with Crippen molar-refractivity contribution in [3.05, 3.63) is 52.2 Å². The first-order valence-electron chi connectivity index (χ1n) is 7.69. The maximum absolute atomic E-state index is 11.7. The molecule has 2 heterocycles. The predicted octanol–water partition coefficient (Wildman–Crippen LogP) is 4.37.